The molecular formula is C21H26N2O4. The summed E-state index contributed by atoms with van der Waals surface area (Å²) >= 11 is 0. The van der Waals surface area contributed by atoms with Gasteiger partial charge >= 0.3 is 5.97 Å². The van der Waals surface area contributed by atoms with E-state index in [0.29, 0.717) is 12.1 Å². The Bertz CT molecular complexity index is 738. The van der Waals surface area contributed by atoms with Crippen LogP contribution in [-0.2, 0) is 16.1 Å². The average Bonchev–Trinajstić information content (AvgIpc) is 2.72. The number of nitrogens with one attached hydrogen (secondary N) is 1. The van der Waals surface area contributed by atoms with E-state index in [0.717, 1.165) is 30.1 Å². The van der Waals surface area contributed by atoms with Gasteiger partial charge in [-0.3, -0.25) is 4.79 Å². The zero-order valence-electron chi connectivity index (χ0n) is 16.0. The summed E-state index contributed by atoms with van der Waals surface area (Å²) in [4.78, 5) is 26.1. The highest BCUT2D eigenvalue weighted by Crippen LogP contribution is 2.15. The summed E-state index contributed by atoms with van der Waals surface area (Å²) in [6, 6.07) is 14.6. The van der Waals surface area contributed by atoms with Crippen LogP contribution in [0, 0.1) is 0 Å². The minimum Gasteiger partial charge on any atom is -0.497 e. The molecule has 0 spiro atoms. The van der Waals surface area contributed by atoms with Crippen molar-refractivity contribution in [1.29, 1.82) is 0 Å². The molecule has 0 radical (unpaired) electrons. The lowest BCUT2D eigenvalue weighted by atomic mass is 10.2. The number of amides is 1. The van der Waals surface area contributed by atoms with Crippen molar-refractivity contribution in [2.45, 2.75) is 20.4 Å². The van der Waals surface area contributed by atoms with Gasteiger partial charge in [0, 0.05) is 25.3 Å². The van der Waals surface area contributed by atoms with Crippen LogP contribution in [0.2, 0.25) is 0 Å². The van der Waals surface area contributed by atoms with Crippen molar-refractivity contribution in [1.82, 2.24) is 5.32 Å². The molecule has 144 valence electrons. The lowest BCUT2D eigenvalue weighted by Gasteiger charge is -2.20. The van der Waals surface area contributed by atoms with Gasteiger partial charge in [-0.1, -0.05) is 12.1 Å². The third kappa shape index (κ3) is 6.02. The Morgan fingerprint density at radius 2 is 1.59 bits per heavy atom. The van der Waals surface area contributed by atoms with Crippen LogP contribution in [0.3, 0.4) is 0 Å². The summed E-state index contributed by atoms with van der Waals surface area (Å²) in [6.07, 6.45) is 0. The molecule has 0 aliphatic heterocycles. The van der Waals surface area contributed by atoms with Gasteiger partial charge in [0.25, 0.3) is 5.91 Å². The summed E-state index contributed by atoms with van der Waals surface area (Å²) in [5.41, 5.74) is 2.41. The largest absolute Gasteiger partial charge is 0.497 e. The fourth-order valence-electron chi connectivity index (χ4n) is 2.61. The quantitative estimate of drug-likeness (QED) is 0.687. The van der Waals surface area contributed by atoms with Crippen LogP contribution in [0.25, 0.3) is 0 Å². The molecule has 0 saturated carbocycles. The topological polar surface area (TPSA) is 67.9 Å². The molecule has 1 amide bonds. The second-order valence-corrected chi connectivity index (χ2v) is 5.92. The van der Waals surface area contributed by atoms with E-state index in [4.69, 9.17) is 9.47 Å². The Balaban J connectivity index is 1.79. The molecule has 0 atom stereocenters. The Morgan fingerprint density at radius 1 is 0.963 bits per heavy atom. The molecule has 0 aromatic heterocycles. The Hall–Kier alpha value is -3.02. The van der Waals surface area contributed by atoms with Crippen molar-refractivity contribution in [2.24, 2.45) is 0 Å². The van der Waals surface area contributed by atoms with Crippen molar-refractivity contribution < 1.29 is 19.1 Å². The van der Waals surface area contributed by atoms with E-state index in [1.54, 1.807) is 19.2 Å². The SMILES string of the molecule is CCN(CC)c1ccc(C(=O)OCC(=O)NCc2ccc(OC)cc2)cc1. The highest BCUT2D eigenvalue weighted by atomic mass is 16.5. The number of benzene rings is 2. The number of carbonyl (C=O) groups excluding carboxylic acids is 2. The molecule has 0 aliphatic carbocycles. The van der Waals surface area contributed by atoms with E-state index in [2.05, 4.69) is 24.1 Å². The summed E-state index contributed by atoms with van der Waals surface area (Å²) < 4.78 is 10.2. The number of hydrogen-bond donors (Lipinski definition) is 1. The Labute approximate surface area is 160 Å². The third-order valence-corrected chi connectivity index (χ3v) is 4.21. The zero-order valence-corrected chi connectivity index (χ0v) is 16.0. The van der Waals surface area contributed by atoms with Crippen molar-refractivity contribution in [2.75, 3.05) is 31.7 Å². The summed E-state index contributed by atoms with van der Waals surface area (Å²) in [5.74, 6) is -0.106. The van der Waals surface area contributed by atoms with Crippen LogP contribution >= 0.6 is 0 Å². The van der Waals surface area contributed by atoms with Gasteiger partial charge in [0.1, 0.15) is 5.75 Å². The van der Waals surface area contributed by atoms with Crippen molar-refractivity contribution in [3.05, 3.63) is 59.7 Å². The standard InChI is InChI=1S/C21H26N2O4/c1-4-23(5-2)18-10-8-17(9-11-18)21(25)27-15-20(24)22-14-16-6-12-19(26-3)13-7-16/h6-13H,4-5,14-15H2,1-3H3,(H,22,24). The maximum atomic E-state index is 12.1. The molecular weight excluding hydrogens is 344 g/mol. The van der Waals surface area contributed by atoms with Crippen molar-refractivity contribution in [3.63, 3.8) is 0 Å². The lowest BCUT2D eigenvalue weighted by molar-refractivity contribution is -0.124. The van der Waals surface area contributed by atoms with Crippen LogP contribution in [0.15, 0.2) is 48.5 Å². The lowest BCUT2D eigenvalue weighted by Crippen LogP contribution is -2.28. The van der Waals surface area contributed by atoms with E-state index in [9.17, 15) is 9.59 Å². The van der Waals surface area contributed by atoms with Crippen LogP contribution in [0.1, 0.15) is 29.8 Å². The number of hydrogen-bond acceptors (Lipinski definition) is 5. The van der Waals surface area contributed by atoms with E-state index in [-0.39, 0.29) is 12.5 Å². The highest BCUT2D eigenvalue weighted by molar-refractivity contribution is 5.91. The van der Waals surface area contributed by atoms with Crippen LogP contribution in [0.4, 0.5) is 5.69 Å². The molecule has 2 rings (SSSR count). The normalized spacial score (nSPS) is 10.2. The number of anilines is 1. The van der Waals surface area contributed by atoms with E-state index < -0.39 is 5.97 Å². The second kappa shape index (κ2) is 10.2. The molecule has 6 nitrogen and oxygen atoms in total. The first kappa shape index (κ1) is 20.3. The highest BCUT2D eigenvalue weighted by Gasteiger charge is 2.11. The zero-order chi connectivity index (χ0) is 19.6. The third-order valence-electron chi connectivity index (χ3n) is 4.21. The first-order chi connectivity index (χ1) is 13.1. The van der Waals surface area contributed by atoms with Crippen molar-refractivity contribution >= 4 is 17.6 Å². The molecule has 0 heterocycles. The first-order valence-corrected chi connectivity index (χ1v) is 8.99. The molecule has 0 saturated heterocycles. The number of nitrogens with zero attached hydrogens (tertiary/aromatic N) is 1. The number of methoxy groups -OCH3 is 1. The number of rotatable bonds is 9. The van der Waals surface area contributed by atoms with Crippen LogP contribution in [0.5, 0.6) is 5.75 Å². The first-order valence-electron chi connectivity index (χ1n) is 8.99. The minimum atomic E-state index is -0.513. The number of ether oxygens (including phenoxy) is 2. The minimum absolute atomic E-state index is 0.313. The predicted octanol–water partition coefficient (Wildman–Crippen LogP) is 3.01. The molecule has 0 bridgehead atoms. The molecule has 6 heteroatoms. The fourth-order valence-corrected chi connectivity index (χ4v) is 2.61. The van der Waals surface area contributed by atoms with Crippen LogP contribution in [-0.4, -0.2) is 38.7 Å². The van der Waals surface area contributed by atoms with Gasteiger partial charge in [0.05, 0.1) is 12.7 Å². The number of esters is 1. The molecule has 2 aromatic carbocycles. The van der Waals surface area contributed by atoms with E-state index in [1.807, 2.05) is 36.4 Å². The van der Waals surface area contributed by atoms with Gasteiger partial charge in [-0.2, -0.15) is 0 Å². The van der Waals surface area contributed by atoms with E-state index >= 15 is 0 Å². The number of carbonyl (C=O) groups is 2. The molecule has 0 fully saturated rings. The molecule has 0 aliphatic rings. The molecule has 27 heavy (non-hydrogen) atoms. The van der Waals surface area contributed by atoms with Gasteiger partial charge in [0.2, 0.25) is 0 Å². The van der Waals surface area contributed by atoms with Crippen molar-refractivity contribution in [3.8, 4) is 5.75 Å². The maximum absolute atomic E-state index is 12.1. The van der Waals surface area contributed by atoms with Crippen LogP contribution < -0.4 is 15.0 Å². The Morgan fingerprint density at radius 3 is 2.15 bits per heavy atom. The average molecular weight is 370 g/mol. The molecule has 1 N–H and O–H groups in total. The van der Waals surface area contributed by atoms with Gasteiger partial charge in [-0.25, -0.2) is 4.79 Å². The smallest absolute Gasteiger partial charge is 0.338 e. The maximum Gasteiger partial charge on any atom is 0.338 e. The monoisotopic (exact) mass is 370 g/mol. The summed E-state index contributed by atoms with van der Waals surface area (Å²) in [6.45, 7) is 6.00. The second-order valence-electron chi connectivity index (χ2n) is 5.92. The van der Waals surface area contributed by atoms with Gasteiger partial charge < -0.3 is 19.7 Å². The van der Waals surface area contributed by atoms with Gasteiger partial charge in [0.15, 0.2) is 6.61 Å². The molecule has 0 unspecified atom stereocenters. The summed E-state index contributed by atoms with van der Waals surface area (Å²) in [5, 5.41) is 2.72. The molecule has 2 aromatic rings. The Kier molecular flexibility index (Phi) is 7.67. The van der Waals surface area contributed by atoms with E-state index in [1.165, 1.54) is 0 Å². The predicted molar refractivity (Wildman–Crippen MR) is 105 cm³/mol. The summed E-state index contributed by atoms with van der Waals surface area (Å²) in [7, 11) is 1.60. The van der Waals surface area contributed by atoms with Gasteiger partial charge in [-0.05, 0) is 55.8 Å². The van der Waals surface area contributed by atoms with Gasteiger partial charge in [-0.15, -0.1) is 0 Å². The fraction of sp³-hybridized carbons (Fsp3) is 0.333.